The number of hydrogen-bond donors (Lipinski definition) is 2. The minimum Gasteiger partial charge on any atom is -0.479 e. The topological polar surface area (TPSA) is 101 Å². The summed E-state index contributed by atoms with van der Waals surface area (Å²) in [6, 6.07) is 17.6. The maximum absolute atomic E-state index is 12.6. The maximum Gasteiger partial charge on any atom is 0.337 e. The van der Waals surface area contributed by atoms with Crippen molar-refractivity contribution in [1.82, 2.24) is 20.2 Å². The van der Waals surface area contributed by atoms with Crippen molar-refractivity contribution in [3.63, 3.8) is 0 Å². The summed E-state index contributed by atoms with van der Waals surface area (Å²) < 4.78 is 7.02. The van der Waals surface area contributed by atoms with Gasteiger partial charge in [-0.3, -0.25) is 10.1 Å². The largest absolute Gasteiger partial charge is 0.479 e. The van der Waals surface area contributed by atoms with Gasteiger partial charge in [0.15, 0.2) is 6.10 Å². The molecule has 9 heteroatoms. The Kier molecular flexibility index (Phi) is 7.09. The van der Waals surface area contributed by atoms with Crippen molar-refractivity contribution in [3.8, 4) is 33.0 Å². The highest BCUT2D eigenvalue weighted by molar-refractivity contribution is 7.22. The molecule has 6 rings (SSSR count). The SMILES string of the molecule is Cc1cc2[nH]ncc2cc1-c1cc(-c2nc3cc(C)c([C@H](OC(C)(C)C)C(=O)O)c(-c4ccc(Cl)cc4)c3s2)ccn1. The average Bonchev–Trinajstić information content (AvgIpc) is 3.57. The van der Waals surface area contributed by atoms with E-state index in [1.165, 1.54) is 11.3 Å². The molecule has 0 radical (unpaired) electrons. The number of halogens is 1. The highest BCUT2D eigenvalue weighted by Gasteiger charge is 2.32. The third-order valence-corrected chi connectivity index (χ3v) is 8.48. The number of ether oxygens (including phenoxy) is 1. The Labute approximate surface area is 252 Å². The summed E-state index contributed by atoms with van der Waals surface area (Å²) in [7, 11) is 0. The molecule has 0 bridgehead atoms. The van der Waals surface area contributed by atoms with Gasteiger partial charge < -0.3 is 9.84 Å². The van der Waals surface area contributed by atoms with Crippen LogP contribution in [-0.2, 0) is 9.53 Å². The number of aromatic nitrogens is 4. The van der Waals surface area contributed by atoms with E-state index >= 15 is 0 Å². The van der Waals surface area contributed by atoms with Crippen molar-refractivity contribution >= 4 is 50.0 Å². The Morgan fingerprint density at radius 1 is 1.02 bits per heavy atom. The number of carboxylic acid groups (broad SMARTS) is 1. The second kappa shape index (κ2) is 10.6. The van der Waals surface area contributed by atoms with E-state index in [4.69, 9.17) is 21.3 Å². The molecule has 0 fully saturated rings. The maximum atomic E-state index is 12.6. The summed E-state index contributed by atoms with van der Waals surface area (Å²) in [5.41, 5.74) is 8.01. The van der Waals surface area contributed by atoms with Crippen LogP contribution in [0.1, 0.15) is 43.6 Å². The number of aryl methyl sites for hydroxylation is 2. The first kappa shape index (κ1) is 28.0. The second-order valence-electron chi connectivity index (χ2n) is 11.4. The molecule has 0 aliphatic heterocycles. The monoisotopic (exact) mass is 596 g/mol. The van der Waals surface area contributed by atoms with Crippen LogP contribution in [0.2, 0.25) is 5.02 Å². The van der Waals surface area contributed by atoms with Crippen LogP contribution in [-0.4, -0.2) is 36.8 Å². The summed E-state index contributed by atoms with van der Waals surface area (Å²) in [5, 5.41) is 19.9. The number of aliphatic carboxylic acids is 1. The minimum atomic E-state index is -1.17. The van der Waals surface area contributed by atoms with E-state index in [9.17, 15) is 9.90 Å². The molecule has 2 N–H and O–H groups in total. The predicted octanol–water partition coefficient (Wildman–Crippen LogP) is 8.78. The molecule has 0 unspecified atom stereocenters. The van der Waals surface area contributed by atoms with Gasteiger partial charge in [0.1, 0.15) is 5.01 Å². The molecule has 3 heterocycles. The molecule has 42 heavy (non-hydrogen) atoms. The first-order valence-corrected chi connectivity index (χ1v) is 14.7. The Hall–Kier alpha value is -4.11. The number of rotatable bonds is 6. The number of aromatic amines is 1. The van der Waals surface area contributed by atoms with Gasteiger partial charge in [-0.05, 0) is 93.8 Å². The average molecular weight is 597 g/mol. The smallest absolute Gasteiger partial charge is 0.337 e. The lowest BCUT2D eigenvalue weighted by atomic mass is 9.91. The van der Waals surface area contributed by atoms with E-state index < -0.39 is 17.7 Å². The number of nitrogens with zero attached hydrogens (tertiary/aromatic N) is 3. The molecule has 6 aromatic rings. The van der Waals surface area contributed by atoms with E-state index in [1.807, 2.05) is 76.4 Å². The number of hydrogen-bond acceptors (Lipinski definition) is 6. The number of fused-ring (bicyclic) bond motifs is 2. The Morgan fingerprint density at radius 3 is 2.50 bits per heavy atom. The predicted molar refractivity (Wildman–Crippen MR) is 169 cm³/mol. The molecule has 0 aliphatic carbocycles. The molecule has 0 saturated heterocycles. The van der Waals surface area contributed by atoms with Gasteiger partial charge >= 0.3 is 5.97 Å². The van der Waals surface area contributed by atoms with Crippen molar-refractivity contribution in [2.75, 3.05) is 0 Å². The highest BCUT2D eigenvalue weighted by atomic mass is 35.5. The Morgan fingerprint density at radius 2 is 1.79 bits per heavy atom. The molecular weight excluding hydrogens is 568 g/mol. The van der Waals surface area contributed by atoms with Gasteiger partial charge in [0.2, 0.25) is 0 Å². The number of pyridine rings is 1. The van der Waals surface area contributed by atoms with Gasteiger partial charge in [0, 0.05) is 38.9 Å². The highest BCUT2D eigenvalue weighted by Crippen LogP contribution is 2.44. The van der Waals surface area contributed by atoms with Crippen LogP contribution in [0.15, 0.2) is 67.0 Å². The molecule has 1 atom stereocenters. The summed E-state index contributed by atoms with van der Waals surface area (Å²) in [6.07, 6.45) is 2.44. The summed E-state index contributed by atoms with van der Waals surface area (Å²) in [4.78, 5) is 22.3. The van der Waals surface area contributed by atoms with Crippen LogP contribution < -0.4 is 0 Å². The lowest BCUT2D eigenvalue weighted by Crippen LogP contribution is -2.28. The third-order valence-electron chi connectivity index (χ3n) is 7.09. The lowest BCUT2D eigenvalue weighted by molar-refractivity contribution is -0.160. The lowest BCUT2D eigenvalue weighted by Gasteiger charge is -2.28. The van der Waals surface area contributed by atoms with Crippen LogP contribution in [0.3, 0.4) is 0 Å². The van der Waals surface area contributed by atoms with Crippen molar-refractivity contribution < 1.29 is 14.6 Å². The zero-order valence-electron chi connectivity index (χ0n) is 23.8. The van der Waals surface area contributed by atoms with E-state index in [-0.39, 0.29) is 0 Å². The van der Waals surface area contributed by atoms with E-state index in [0.717, 1.165) is 65.2 Å². The fourth-order valence-corrected chi connectivity index (χ4v) is 6.50. The summed E-state index contributed by atoms with van der Waals surface area (Å²) in [5.74, 6) is -1.05. The molecule has 7 nitrogen and oxygen atoms in total. The zero-order chi connectivity index (χ0) is 29.8. The molecule has 0 spiro atoms. The summed E-state index contributed by atoms with van der Waals surface area (Å²) >= 11 is 7.76. The van der Waals surface area contributed by atoms with Crippen molar-refractivity contribution in [2.45, 2.75) is 46.3 Å². The van der Waals surface area contributed by atoms with Crippen LogP contribution in [0.4, 0.5) is 0 Å². The van der Waals surface area contributed by atoms with Gasteiger partial charge in [-0.1, -0.05) is 23.7 Å². The Bertz CT molecular complexity index is 1970. The molecule has 3 aromatic heterocycles. The van der Waals surface area contributed by atoms with E-state index in [1.54, 1.807) is 6.20 Å². The molecule has 0 saturated carbocycles. The van der Waals surface area contributed by atoms with E-state index in [0.29, 0.717) is 10.6 Å². The van der Waals surface area contributed by atoms with Gasteiger partial charge in [-0.25, -0.2) is 9.78 Å². The molecule has 0 amide bonds. The minimum absolute atomic E-state index is 0.600. The Balaban J connectivity index is 1.55. The number of benzene rings is 3. The number of nitrogens with one attached hydrogen (secondary N) is 1. The molecule has 3 aromatic carbocycles. The summed E-state index contributed by atoms with van der Waals surface area (Å²) in [6.45, 7) is 9.54. The fourth-order valence-electron chi connectivity index (χ4n) is 5.25. The first-order chi connectivity index (χ1) is 20.0. The van der Waals surface area contributed by atoms with Crippen LogP contribution in [0, 0.1) is 13.8 Å². The standard InChI is InChI=1S/C33H29ClN4O3S/c1-17-12-24-21(16-36-38-24)14-23(17)25-15-20(10-11-35-25)31-37-26-13-18(2)27(29(32(39)40)41-33(3,4)5)28(30(26)42-31)19-6-8-22(34)9-7-19/h6-16,29H,1-5H3,(H,36,38)(H,39,40)/t29-/m0/s1. The first-order valence-electron chi connectivity index (χ1n) is 13.5. The van der Waals surface area contributed by atoms with Crippen molar-refractivity contribution in [3.05, 3.63) is 88.7 Å². The molecule has 0 aliphatic rings. The second-order valence-corrected chi connectivity index (χ2v) is 12.8. The molecular formula is C33H29ClN4O3S. The van der Waals surface area contributed by atoms with Crippen LogP contribution in [0.5, 0.6) is 0 Å². The van der Waals surface area contributed by atoms with Crippen molar-refractivity contribution in [2.24, 2.45) is 0 Å². The van der Waals surface area contributed by atoms with Crippen molar-refractivity contribution in [1.29, 1.82) is 0 Å². The van der Waals surface area contributed by atoms with Gasteiger partial charge in [0.05, 0.1) is 33.2 Å². The van der Waals surface area contributed by atoms with Gasteiger partial charge in [-0.15, -0.1) is 11.3 Å². The quantitative estimate of drug-likeness (QED) is 0.199. The van der Waals surface area contributed by atoms with Gasteiger partial charge in [-0.2, -0.15) is 5.10 Å². The number of carboxylic acids is 1. The van der Waals surface area contributed by atoms with Crippen LogP contribution in [0.25, 0.3) is 54.1 Å². The fraction of sp³-hybridized carbons (Fsp3) is 0.212. The number of carbonyl (C=O) groups is 1. The molecule has 212 valence electrons. The number of H-pyrrole nitrogens is 1. The van der Waals surface area contributed by atoms with Gasteiger partial charge in [0.25, 0.3) is 0 Å². The normalized spacial score (nSPS) is 12.7. The van der Waals surface area contributed by atoms with Crippen LogP contribution >= 0.6 is 22.9 Å². The zero-order valence-corrected chi connectivity index (χ0v) is 25.4. The number of thiazole rings is 1. The third kappa shape index (κ3) is 5.29. The van der Waals surface area contributed by atoms with E-state index in [2.05, 4.69) is 34.2 Å².